The topological polar surface area (TPSA) is 69.6 Å². The first-order valence-corrected chi connectivity index (χ1v) is 5.28. The molecule has 78 valence electrons. The van der Waals surface area contributed by atoms with E-state index in [0.717, 1.165) is 11.7 Å². The van der Waals surface area contributed by atoms with Crippen molar-refractivity contribution in [2.75, 3.05) is 0 Å². The summed E-state index contributed by atoms with van der Waals surface area (Å²) in [4.78, 5) is 0. The lowest BCUT2D eigenvalue weighted by Crippen LogP contribution is -2.21. The summed E-state index contributed by atoms with van der Waals surface area (Å²) in [5.41, 5.74) is 5.57. The second kappa shape index (κ2) is 4.04. The van der Waals surface area contributed by atoms with Crippen LogP contribution < -0.4 is 5.73 Å². The summed E-state index contributed by atoms with van der Waals surface area (Å²) >= 11 is 0. The summed E-state index contributed by atoms with van der Waals surface area (Å²) in [5.74, 6) is 1.59. The van der Waals surface area contributed by atoms with Crippen molar-refractivity contribution in [3.63, 3.8) is 0 Å². The Bertz CT molecular complexity index is 295. The summed E-state index contributed by atoms with van der Waals surface area (Å²) in [6, 6.07) is 0.465. The third kappa shape index (κ3) is 1.77. The maximum absolute atomic E-state index is 5.57. The Hall–Kier alpha value is -0.970. The second-order valence-corrected chi connectivity index (χ2v) is 4.17. The molecule has 1 aromatic heterocycles. The summed E-state index contributed by atoms with van der Waals surface area (Å²) in [5, 5.41) is 11.6. The average Bonchev–Trinajstić information content (AvgIpc) is 2.65. The van der Waals surface area contributed by atoms with Gasteiger partial charge in [-0.05, 0) is 29.2 Å². The van der Waals surface area contributed by atoms with E-state index in [4.69, 9.17) is 5.73 Å². The minimum absolute atomic E-state index is 0.428. The van der Waals surface area contributed by atoms with Crippen LogP contribution in [0, 0.1) is 5.92 Å². The SMILES string of the molecule is CC1CCCC(n2nnnc2CN)C1. The molecule has 1 saturated carbocycles. The first kappa shape index (κ1) is 9.58. The average molecular weight is 195 g/mol. The summed E-state index contributed by atoms with van der Waals surface area (Å²) in [6.07, 6.45) is 4.96. The van der Waals surface area contributed by atoms with Crippen LogP contribution in [0.25, 0.3) is 0 Å². The van der Waals surface area contributed by atoms with Gasteiger partial charge in [0.15, 0.2) is 5.82 Å². The molecule has 0 saturated heterocycles. The standard InChI is InChI=1S/C9H17N5/c1-7-3-2-4-8(5-7)14-9(6-10)11-12-13-14/h7-8H,2-6,10H2,1H3. The fourth-order valence-corrected chi connectivity index (χ4v) is 2.25. The summed E-state index contributed by atoms with van der Waals surface area (Å²) < 4.78 is 1.91. The molecule has 2 unspecified atom stereocenters. The Morgan fingerprint density at radius 3 is 3.07 bits per heavy atom. The van der Waals surface area contributed by atoms with E-state index in [0.29, 0.717) is 12.6 Å². The molecule has 1 fully saturated rings. The Morgan fingerprint density at radius 1 is 1.50 bits per heavy atom. The minimum atomic E-state index is 0.428. The molecule has 1 heterocycles. The van der Waals surface area contributed by atoms with Crippen molar-refractivity contribution < 1.29 is 0 Å². The molecule has 0 amide bonds. The predicted octanol–water partition coefficient (Wildman–Crippen LogP) is 0.883. The molecule has 0 radical (unpaired) electrons. The second-order valence-electron chi connectivity index (χ2n) is 4.17. The quantitative estimate of drug-likeness (QED) is 0.760. The van der Waals surface area contributed by atoms with Gasteiger partial charge < -0.3 is 5.73 Å². The zero-order valence-electron chi connectivity index (χ0n) is 8.56. The zero-order valence-corrected chi connectivity index (χ0v) is 8.56. The Labute approximate surface area is 83.7 Å². The van der Waals surface area contributed by atoms with Crippen LogP contribution in [-0.2, 0) is 6.54 Å². The molecule has 2 N–H and O–H groups in total. The normalized spacial score (nSPS) is 27.9. The van der Waals surface area contributed by atoms with Gasteiger partial charge in [-0.2, -0.15) is 0 Å². The van der Waals surface area contributed by atoms with Crippen LogP contribution in [0.3, 0.4) is 0 Å². The van der Waals surface area contributed by atoms with E-state index in [2.05, 4.69) is 22.4 Å². The van der Waals surface area contributed by atoms with Gasteiger partial charge in [-0.1, -0.05) is 19.8 Å². The van der Waals surface area contributed by atoms with Crippen LogP contribution in [0.5, 0.6) is 0 Å². The predicted molar refractivity (Wildman–Crippen MR) is 52.4 cm³/mol. The van der Waals surface area contributed by atoms with Gasteiger partial charge in [0.05, 0.1) is 12.6 Å². The first-order valence-electron chi connectivity index (χ1n) is 5.28. The molecule has 2 atom stereocenters. The molecule has 1 aromatic rings. The number of hydrogen-bond acceptors (Lipinski definition) is 4. The largest absolute Gasteiger partial charge is 0.324 e. The van der Waals surface area contributed by atoms with Gasteiger partial charge in [0.25, 0.3) is 0 Å². The van der Waals surface area contributed by atoms with Crippen LogP contribution in [0.1, 0.15) is 44.5 Å². The molecule has 1 aliphatic rings. The molecule has 0 aromatic carbocycles. The Balaban J connectivity index is 2.13. The van der Waals surface area contributed by atoms with Crippen molar-refractivity contribution in [3.8, 4) is 0 Å². The maximum Gasteiger partial charge on any atom is 0.165 e. The molecule has 1 aliphatic carbocycles. The molecule has 5 nitrogen and oxygen atoms in total. The molecule has 14 heavy (non-hydrogen) atoms. The summed E-state index contributed by atoms with van der Waals surface area (Å²) in [7, 11) is 0. The van der Waals surface area contributed by atoms with Crippen molar-refractivity contribution in [3.05, 3.63) is 5.82 Å². The van der Waals surface area contributed by atoms with E-state index in [1.807, 2.05) is 4.68 Å². The van der Waals surface area contributed by atoms with Crippen molar-refractivity contribution in [1.29, 1.82) is 0 Å². The van der Waals surface area contributed by atoms with Gasteiger partial charge in [0.2, 0.25) is 0 Å². The fraction of sp³-hybridized carbons (Fsp3) is 0.889. The van der Waals surface area contributed by atoms with E-state index in [1.165, 1.54) is 25.7 Å². The number of aromatic nitrogens is 4. The molecule has 0 spiro atoms. The van der Waals surface area contributed by atoms with Crippen molar-refractivity contribution >= 4 is 0 Å². The highest BCUT2D eigenvalue weighted by atomic mass is 15.6. The van der Waals surface area contributed by atoms with Gasteiger partial charge >= 0.3 is 0 Å². The zero-order chi connectivity index (χ0) is 9.97. The van der Waals surface area contributed by atoms with Crippen LogP contribution >= 0.6 is 0 Å². The fourth-order valence-electron chi connectivity index (χ4n) is 2.25. The molecule has 0 bridgehead atoms. The van der Waals surface area contributed by atoms with Crippen molar-refractivity contribution in [2.45, 2.75) is 45.2 Å². The highest BCUT2D eigenvalue weighted by molar-refractivity contribution is 4.85. The number of rotatable bonds is 2. The van der Waals surface area contributed by atoms with E-state index < -0.39 is 0 Å². The van der Waals surface area contributed by atoms with Gasteiger partial charge in [0, 0.05) is 0 Å². The number of hydrogen-bond donors (Lipinski definition) is 1. The Morgan fingerprint density at radius 2 is 2.36 bits per heavy atom. The van der Waals surface area contributed by atoms with Crippen LogP contribution in [0.15, 0.2) is 0 Å². The van der Waals surface area contributed by atoms with Gasteiger partial charge in [-0.25, -0.2) is 4.68 Å². The van der Waals surface area contributed by atoms with Gasteiger partial charge in [-0.15, -0.1) is 5.10 Å². The molecular formula is C9H17N5. The van der Waals surface area contributed by atoms with E-state index in [1.54, 1.807) is 0 Å². The highest BCUT2D eigenvalue weighted by Gasteiger charge is 2.23. The molecular weight excluding hydrogens is 178 g/mol. The third-order valence-corrected chi connectivity index (χ3v) is 3.00. The lowest BCUT2D eigenvalue weighted by Gasteiger charge is -2.26. The van der Waals surface area contributed by atoms with Crippen molar-refractivity contribution in [1.82, 2.24) is 20.2 Å². The van der Waals surface area contributed by atoms with Crippen molar-refractivity contribution in [2.24, 2.45) is 11.7 Å². The number of nitrogens with zero attached hydrogens (tertiary/aromatic N) is 4. The monoisotopic (exact) mass is 195 g/mol. The van der Waals surface area contributed by atoms with Crippen LogP contribution in [-0.4, -0.2) is 20.2 Å². The maximum atomic E-state index is 5.57. The first-order chi connectivity index (χ1) is 6.81. The van der Waals surface area contributed by atoms with Crippen LogP contribution in [0.2, 0.25) is 0 Å². The minimum Gasteiger partial charge on any atom is -0.324 e. The number of tetrazole rings is 1. The van der Waals surface area contributed by atoms with E-state index in [-0.39, 0.29) is 0 Å². The smallest absolute Gasteiger partial charge is 0.165 e. The van der Waals surface area contributed by atoms with E-state index >= 15 is 0 Å². The Kier molecular flexibility index (Phi) is 2.77. The summed E-state index contributed by atoms with van der Waals surface area (Å²) in [6.45, 7) is 2.72. The molecule has 0 aliphatic heterocycles. The van der Waals surface area contributed by atoms with Crippen LogP contribution in [0.4, 0.5) is 0 Å². The lowest BCUT2D eigenvalue weighted by molar-refractivity contribution is 0.258. The highest BCUT2D eigenvalue weighted by Crippen LogP contribution is 2.31. The lowest BCUT2D eigenvalue weighted by atomic mass is 9.87. The van der Waals surface area contributed by atoms with Gasteiger partial charge in [-0.3, -0.25) is 0 Å². The molecule has 2 rings (SSSR count). The number of nitrogens with two attached hydrogens (primary N) is 1. The van der Waals surface area contributed by atoms with Gasteiger partial charge in [0.1, 0.15) is 0 Å². The molecule has 5 heteroatoms. The third-order valence-electron chi connectivity index (χ3n) is 3.00. The van der Waals surface area contributed by atoms with E-state index in [9.17, 15) is 0 Å².